The Labute approximate surface area is 213 Å². The first kappa shape index (κ1) is 24.8. The molecule has 0 saturated heterocycles. The van der Waals surface area contributed by atoms with Crippen molar-refractivity contribution in [3.8, 4) is 5.75 Å². The second kappa shape index (κ2) is 10.5. The van der Waals surface area contributed by atoms with Crippen LogP contribution in [0.5, 0.6) is 5.75 Å². The number of hydrogen-bond donors (Lipinski definition) is 3. The number of nitrogens with zero attached hydrogens (tertiary/aromatic N) is 1. The standard InChI is InChI=1S/C27H25ClN4O4/c1-4-36-21-10-8-20(9-11-21)29-25(33)24-15-18-14-19(28)7-12-23(18)32(24)31-27(35)26(34)30-22-13-16(2)5-6-17(22)3/h5-15H,4H2,1-3H3,(H,29,33)(H,30,34)(H,31,35). The number of halogens is 1. The minimum Gasteiger partial charge on any atom is -0.494 e. The molecule has 0 aliphatic heterocycles. The number of hydrogen-bond acceptors (Lipinski definition) is 4. The zero-order chi connectivity index (χ0) is 25.8. The summed E-state index contributed by atoms with van der Waals surface area (Å²) in [6.07, 6.45) is 0. The average Bonchev–Trinajstić information content (AvgIpc) is 3.20. The van der Waals surface area contributed by atoms with Crippen molar-refractivity contribution < 1.29 is 19.1 Å². The SMILES string of the molecule is CCOc1ccc(NC(=O)c2cc3cc(Cl)ccc3n2NC(=O)C(=O)Nc2cc(C)ccc2C)cc1. The highest BCUT2D eigenvalue weighted by molar-refractivity contribution is 6.42. The fourth-order valence-electron chi connectivity index (χ4n) is 3.67. The number of nitrogens with one attached hydrogen (secondary N) is 3. The Morgan fingerprint density at radius 2 is 1.64 bits per heavy atom. The van der Waals surface area contributed by atoms with Gasteiger partial charge in [-0.15, -0.1) is 0 Å². The van der Waals surface area contributed by atoms with Crippen molar-refractivity contribution in [2.45, 2.75) is 20.8 Å². The summed E-state index contributed by atoms with van der Waals surface area (Å²) >= 11 is 6.13. The smallest absolute Gasteiger partial charge is 0.328 e. The third kappa shape index (κ3) is 5.50. The second-order valence-corrected chi connectivity index (χ2v) is 8.63. The van der Waals surface area contributed by atoms with Crippen LogP contribution in [0.25, 0.3) is 10.9 Å². The van der Waals surface area contributed by atoms with Gasteiger partial charge in [0.2, 0.25) is 0 Å². The van der Waals surface area contributed by atoms with Gasteiger partial charge in [0.05, 0.1) is 12.1 Å². The van der Waals surface area contributed by atoms with Crippen LogP contribution in [0.2, 0.25) is 5.02 Å². The van der Waals surface area contributed by atoms with Gasteiger partial charge in [-0.05, 0) is 86.5 Å². The first-order valence-electron chi connectivity index (χ1n) is 11.3. The molecule has 0 unspecified atom stereocenters. The van der Waals surface area contributed by atoms with Crippen molar-refractivity contribution in [2.75, 3.05) is 22.7 Å². The van der Waals surface area contributed by atoms with Gasteiger partial charge in [-0.1, -0.05) is 23.7 Å². The van der Waals surface area contributed by atoms with Crippen LogP contribution < -0.4 is 20.8 Å². The lowest BCUT2D eigenvalue weighted by Crippen LogP contribution is -2.36. The van der Waals surface area contributed by atoms with E-state index in [9.17, 15) is 14.4 Å². The van der Waals surface area contributed by atoms with Gasteiger partial charge in [0.1, 0.15) is 11.4 Å². The number of rotatable bonds is 6. The summed E-state index contributed by atoms with van der Waals surface area (Å²) < 4.78 is 6.71. The van der Waals surface area contributed by atoms with E-state index in [0.717, 1.165) is 11.1 Å². The summed E-state index contributed by atoms with van der Waals surface area (Å²) in [6.45, 7) is 6.14. The average molecular weight is 505 g/mol. The van der Waals surface area contributed by atoms with E-state index in [1.54, 1.807) is 54.6 Å². The number of carbonyl (C=O) groups is 3. The highest BCUT2D eigenvalue weighted by Gasteiger charge is 2.21. The molecule has 3 amide bonds. The quantitative estimate of drug-likeness (QED) is 0.311. The first-order valence-corrected chi connectivity index (χ1v) is 11.7. The lowest BCUT2D eigenvalue weighted by atomic mass is 10.1. The van der Waals surface area contributed by atoms with Crippen LogP contribution in [0.4, 0.5) is 11.4 Å². The van der Waals surface area contributed by atoms with E-state index in [-0.39, 0.29) is 5.69 Å². The van der Waals surface area contributed by atoms with Crippen LogP contribution in [0, 0.1) is 13.8 Å². The molecule has 0 saturated carbocycles. The summed E-state index contributed by atoms with van der Waals surface area (Å²) in [4.78, 5) is 38.7. The maximum absolute atomic E-state index is 13.2. The molecule has 36 heavy (non-hydrogen) atoms. The van der Waals surface area contributed by atoms with Crippen molar-refractivity contribution in [1.29, 1.82) is 0 Å². The summed E-state index contributed by atoms with van der Waals surface area (Å²) in [7, 11) is 0. The number of aryl methyl sites for hydroxylation is 2. The number of ether oxygens (including phenoxy) is 1. The molecule has 0 fully saturated rings. The van der Waals surface area contributed by atoms with Gasteiger partial charge in [-0.3, -0.25) is 19.8 Å². The maximum Gasteiger partial charge on any atom is 0.328 e. The molecule has 1 aromatic heterocycles. The molecule has 4 rings (SSSR count). The highest BCUT2D eigenvalue weighted by atomic mass is 35.5. The predicted octanol–water partition coefficient (Wildman–Crippen LogP) is 5.27. The number of amides is 3. The third-order valence-corrected chi connectivity index (χ3v) is 5.72. The molecule has 184 valence electrons. The van der Waals surface area contributed by atoms with Gasteiger partial charge < -0.3 is 15.4 Å². The normalized spacial score (nSPS) is 10.7. The number of aromatic nitrogens is 1. The van der Waals surface area contributed by atoms with Crippen LogP contribution >= 0.6 is 11.6 Å². The number of anilines is 2. The Morgan fingerprint density at radius 1 is 0.889 bits per heavy atom. The minimum atomic E-state index is -0.932. The maximum atomic E-state index is 13.2. The molecule has 0 bridgehead atoms. The third-order valence-electron chi connectivity index (χ3n) is 5.48. The van der Waals surface area contributed by atoms with Crippen LogP contribution in [0.3, 0.4) is 0 Å². The summed E-state index contributed by atoms with van der Waals surface area (Å²) in [5, 5.41) is 6.52. The minimum absolute atomic E-state index is 0.119. The molecule has 0 aliphatic carbocycles. The van der Waals surface area contributed by atoms with Gasteiger partial charge >= 0.3 is 11.8 Å². The monoisotopic (exact) mass is 504 g/mol. The summed E-state index contributed by atoms with van der Waals surface area (Å²) in [5.74, 6) is -1.60. The zero-order valence-electron chi connectivity index (χ0n) is 20.0. The van der Waals surface area contributed by atoms with E-state index >= 15 is 0 Å². The molecule has 4 aromatic rings. The van der Waals surface area contributed by atoms with Crippen molar-refractivity contribution in [3.63, 3.8) is 0 Å². The molecule has 0 spiro atoms. The largest absolute Gasteiger partial charge is 0.494 e. The Balaban J connectivity index is 1.60. The van der Waals surface area contributed by atoms with Gasteiger partial charge in [0.25, 0.3) is 5.91 Å². The van der Waals surface area contributed by atoms with E-state index < -0.39 is 17.7 Å². The number of fused-ring (bicyclic) bond motifs is 1. The van der Waals surface area contributed by atoms with Gasteiger partial charge in [-0.2, -0.15) is 0 Å². The lowest BCUT2D eigenvalue weighted by molar-refractivity contribution is -0.133. The van der Waals surface area contributed by atoms with E-state index in [1.165, 1.54) is 4.68 Å². The van der Waals surface area contributed by atoms with Crippen LogP contribution in [0.15, 0.2) is 66.7 Å². The molecule has 9 heteroatoms. The molecule has 0 aliphatic rings. The molecular weight excluding hydrogens is 480 g/mol. The molecule has 0 radical (unpaired) electrons. The van der Waals surface area contributed by atoms with E-state index in [0.29, 0.717) is 39.7 Å². The lowest BCUT2D eigenvalue weighted by Gasteiger charge is -2.14. The molecule has 1 heterocycles. The Hall–Kier alpha value is -4.30. The second-order valence-electron chi connectivity index (χ2n) is 8.19. The Bertz CT molecular complexity index is 1460. The predicted molar refractivity (Wildman–Crippen MR) is 141 cm³/mol. The number of benzene rings is 3. The highest BCUT2D eigenvalue weighted by Crippen LogP contribution is 2.24. The van der Waals surface area contributed by atoms with Crippen LogP contribution in [-0.4, -0.2) is 29.0 Å². The van der Waals surface area contributed by atoms with Gasteiger partial charge in [-0.25, -0.2) is 4.68 Å². The Kier molecular flexibility index (Phi) is 7.26. The first-order chi connectivity index (χ1) is 17.2. The molecular formula is C27H25ClN4O4. The fraction of sp³-hybridized carbons (Fsp3) is 0.148. The Morgan fingerprint density at radius 3 is 2.36 bits per heavy atom. The van der Waals surface area contributed by atoms with E-state index in [1.807, 2.05) is 32.9 Å². The van der Waals surface area contributed by atoms with Gasteiger partial charge in [0.15, 0.2) is 0 Å². The van der Waals surface area contributed by atoms with Crippen molar-refractivity contribution in [3.05, 3.63) is 88.6 Å². The topological polar surface area (TPSA) is 101 Å². The molecule has 8 nitrogen and oxygen atoms in total. The van der Waals surface area contributed by atoms with Crippen molar-refractivity contribution in [1.82, 2.24) is 4.68 Å². The van der Waals surface area contributed by atoms with Crippen molar-refractivity contribution in [2.24, 2.45) is 0 Å². The van der Waals surface area contributed by atoms with E-state index in [2.05, 4.69) is 16.1 Å². The van der Waals surface area contributed by atoms with E-state index in [4.69, 9.17) is 16.3 Å². The zero-order valence-corrected chi connectivity index (χ0v) is 20.8. The van der Waals surface area contributed by atoms with Crippen molar-refractivity contribution >= 4 is 51.6 Å². The number of carbonyl (C=O) groups excluding carboxylic acids is 3. The van der Waals surface area contributed by atoms with Crippen LogP contribution in [0.1, 0.15) is 28.5 Å². The molecule has 3 aromatic carbocycles. The molecule has 0 atom stereocenters. The summed E-state index contributed by atoms with van der Waals surface area (Å²) in [6, 6.07) is 19.0. The summed E-state index contributed by atoms with van der Waals surface area (Å²) in [5.41, 5.74) is 6.00. The molecule has 3 N–H and O–H groups in total. The van der Waals surface area contributed by atoms with Crippen LogP contribution in [-0.2, 0) is 9.59 Å². The van der Waals surface area contributed by atoms with Gasteiger partial charge in [0, 0.05) is 21.8 Å². The fourth-order valence-corrected chi connectivity index (χ4v) is 3.85.